The van der Waals surface area contributed by atoms with Crippen LogP contribution in [0.5, 0.6) is 0 Å². The second-order valence-electron chi connectivity index (χ2n) is 5.41. The van der Waals surface area contributed by atoms with Crippen molar-refractivity contribution in [2.24, 2.45) is 0 Å². The highest BCUT2D eigenvalue weighted by Crippen LogP contribution is 2.23. The Kier molecular flexibility index (Phi) is 4.52. The van der Waals surface area contributed by atoms with E-state index < -0.39 is 27.9 Å². The number of carbonyl (C=O) groups is 2. The standard InChI is InChI=1S/C14H18N2O5S/c1-8-3-6-11(22(20,21)16-10-4-5-10)7-12(8)13(17)15-9(2)14(18)19/h3,6-7,9-10,16H,4-5H2,1-2H3,(H,15,17)(H,18,19). The van der Waals surface area contributed by atoms with E-state index in [1.54, 1.807) is 6.92 Å². The van der Waals surface area contributed by atoms with Crippen LogP contribution in [0.3, 0.4) is 0 Å². The summed E-state index contributed by atoms with van der Waals surface area (Å²) in [5, 5.41) is 11.1. The van der Waals surface area contributed by atoms with Gasteiger partial charge in [0.2, 0.25) is 10.0 Å². The number of nitrogens with one attached hydrogen (secondary N) is 2. The highest BCUT2D eigenvalue weighted by Gasteiger charge is 2.28. The third-order valence-electron chi connectivity index (χ3n) is 3.38. The van der Waals surface area contributed by atoms with E-state index in [0.717, 1.165) is 12.8 Å². The number of benzene rings is 1. The summed E-state index contributed by atoms with van der Waals surface area (Å²) in [6.07, 6.45) is 1.63. The molecule has 22 heavy (non-hydrogen) atoms. The van der Waals surface area contributed by atoms with E-state index in [2.05, 4.69) is 10.0 Å². The highest BCUT2D eigenvalue weighted by atomic mass is 32.2. The average Bonchev–Trinajstić information content (AvgIpc) is 3.21. The molecule has 0 saturated heterocycles. The number of rotatable bonds is 6. The minimum Gasteiger partial charge on any atom is -0.480 e. The van der Waals surface area contributed by atoms with E-state index in [4.69, 9.17) is 5.11 Å². The summed E-state index contributed by atoms with van der Waals surface area (Å²) in [6, 6.07) is 3.14. The van der Waals surface area contributed by atoms with E-state index in [-0.39, 0.29) is 16.5 Å². The number of carboxylic acid groups (broad SMARTS) is 1. The Labute approximate surface area is 128 Å². The third kappa shape index (κ3) is 3.83. The summed E-state index contributed by atoms with van der Waals surface area (Å²) in [5.41, 5.74) is 0.715. The lowest BCUT2D eigenvalue weighted by atomic mass is 10.1. The molecule has 7 nitrogen and oxygen atoms in total. The number of carbonyl (C=O) groups excluding carboxylic acids is 1. The Morgan fingerprint density at radius 1 is 1.32 bits per heavy atom. The van der Waals surface area contributed by atoms with Crippen LogP contribution in [0.15, 0.2) is 23.1 Å². The van der Waals surface area contributed by atoms with E-state index in [0.29, 0.717) is 5.56 Å². The zero-order valence-electron chi connectivity index (χ0n) is 12.3. The zero-order chi connectivity index (χ0) is 16.5. The second-order valence-corrected chi connectivity index (χ2v) is 7.12. The van der Waals surface area contributed by atoms with Crippen LogP contribution in [-0.2, 0) is 14.8 Å². The molecule has 3 N–H and O–H groups in total. The van der Waals surface area contributed by atoms with Gasteiger partial charge in [0.25, 0.3) is 5.91 Å². The lowest BCUT2D eigenvalue weighted by Crippen LogP contribution is -2.38. The molecule has 0 radical (unpaired) electrons. The molecule has 0 aliphatic heterocycles. The van der Waals surface area contributed by atoms with Crippen LogP contribution in [0.25, 0.3) is 0 Å². The largest absolute Gasteiger partial charge is 0.480 e. The van der Waals surface area contributed by atoms with Crippen LogP contribution < -0.4 is 10.0 Å². The first kappa shape index (κ1) is 16.4. The molecule has 1 saturated carbocycles. The van der Waals surface area contributed by atoms with Crippen molar-refractivity contribution in [2.75, 3.05) is 0 Å². The molecule has 120 valence electrons. The molecule has 2 rings (SSSR count). The van der Waals surface area contributed by atoms with E-state index in [1.807, 2.05) is 0 Å². The maximum atomic E-state index is 12.2. The van der Waals surface area contributed by atoms with Gasteiger partial charge in [0.15, 0.2) is 0 Å². The Morgan fingerprint density at radius 2 is 1.95 bits per heavy atom. The summed E-state index contributed by atoms with van der Waals surface area (Å²) in [7, 11) is -3.66. The molecule has 0 bridgehead atoms. The van der Waals surface area contributed by atoms with Gasteiger partial charge in [0.05, 0.1) is 4.90 Å². The number of hydrogen-bond acceptors (Lipinski definition) is 4. The first-order valence-corrected chi connectivity index (χ1v) is 8.35. The van der Waals surface area contributed by atoms with Crippen LogP contribution in [0.1, 0.15) is 35.7 Å². The molecule has 1 aromatic rings. The number of amides is 1. The predicted molar refractivity (Wildman–Crippen MR) is 79.1 cm³/mol. The van der Waals surface area contributed by atoms with Gasteiger partial charge in [-0.25, -0.2) is 13.1 Å². The SMILES string of the molecule is Cc1ccc(S(=O)(=O)NC2CC2)cc1C(=O)NC(C)C(=O)O. The molecule has 1 amide bonds. The van der Waals surface area contributed by atoms with Gasteiger partial charge < -0.3 is 10.4 Å². The Morgan fingerprint density at radius 3 is 2.50 bits per heavy atom. The molecule has 0 heterocycles. The van der Waals surface area contributed by atoms with Crippen LogP contribution in [0, 0.1) is 6.92 Å². The molecular formula is C14H18N2O5S. The summed E-state index contributed by atoms with van der Waals surface area (Å²) < 4.78 is 26.9. The number of aryl methyl sites for hydroxylation is 1. The van der Waals surface area contributed by atoms with Gasteiger partial charge in [-0.15, -0.1) is 0 Å². The van der Waals surface area contributed by atoms with Gasteiger partial charge in [-0.1, -0.05) is 6.07 Å². The van der Waals surface area contributed by atoms with Crippen LogP contribution in [0.2, 0.25) is 0 Å². The second kappa shape index (κ2) is 6.05. The number of aliphatic carboxylic acids is 1. The predicted octanol–water partition coefficient (Wildman–Crippen LogP) is 0.639. The van der Waals surface area contributed by atoms with Gasteiger partial charge >= 0.3 is 5.97 Å². The van der Waals surface area contributed by atoms with Crippen LogP contribution >= 0.6 is 0 Å². The van der Waals surface area contributed by atoms with Gasteiger partial charge in [-0.2, -0.15) is 0 Å². The maximum Gasteiger partial charge on any atom is 0.325 e. The summed E-state index contributed by atoms with van der Waals surface area (Å²) >= 11 is 0. The number of sulfonamides is 1. The molecular weight excluding hydrogens is 308 g/mol. The van der Waals surface area contributed by atoms with Gasteiger partial charge in [0.1, 0.15) is 6.04 Å². The van der Waals surface area contributed by atoms with Crippen molar-refractivity contribution >= 4 is 21.9 Å². The Bertz CT molecular complexity index is 710. The lowest BCUT2D eigenvalue weighted by Gasteiger charge is -2.13. The minimum absolute atomic E-state index is 0.00173. The van der Waals surface area contributed by atoms with Crippen LogP contribution in [-0.4, -0.2) is 37.5 Å². The smallest absolute Gasteiger partial charge is 0.325 e. The molecule has 1 aliphatic rings. The first-order valence-electron chi connectivity index (χ1n) is 6.87. The van der Waals surface area contributed by atoms with Crippen LogP contribution in [0.4, 0.5) is 0 Å². The molecule has 1 aromatic carbocycles. The number of hydrogen-bond donors (Lipinski definition) is 3. The molecule has 0 spiro atoms. The normalized spacial score (nSPS) is 16.1. The molecule has 0 aromatic heterocycles. The zero-order valence-corrected chi connectivity index (χ0v) is 13.1. The van der Waals surface area contributed by atoms with E-state index in [9.17, 15) is 18.0 Å². The van der Waals surface area contributed by atoms with Gasteiger partial charge in [-0.3, -0.25) is 9.59 Å². The minimum atomic E-state index is -3.66. The van der Waals surface area contributed by atoms with Crippen molar-refractivity contribution in [3.63, 3.8) is 0 Å². The first-order chi connectivity index (χ1) is 10.2. The summed E-state index contributed by atoms with van der Waals surface area (Å²) in [5.74, 6) is -1.78. The molecule has 1 unspecified atom stereocenters. The van der Waals surface area contributed by atoms with Crippen molar-refractivity contribution in [2.45, 2.75) is 43.7 Å². The molecule has 1 fully saturated rings. The monoisotopic (exact) mass is 326 g/mol. The Balaban J connectivity index is 2.26. The number of carboxylic acids is 1. The Hall–Kier alpha value is -1.93. The van der Waals surface area contributed by atoms with Crippen molar-refractivity contribution in [1.82, 2.24) is 10.0 Å². The average molecular weight is 326 g/mol. The highest BCUT2D eigenvalue weighted by molar-refractivity contribution is 7.89. The quantitative estimate of drug-likeness (QED) is 0.710. The van der Waals surface area contributed by atoms with Gasteiger partial charge in [-0.05, 0) is 44.4 Å². The lowest BCUT2D eigenvalue weighted by molar-refractivity contribution is -0.138. The van der Waals surface area contributed by atoms with Crippen molar-refractivity contribution in [3.8, 4) is 0 Å². The fourth-order valence-corrected chi connectivity index (χ4v) is 3.17. The van der Waals surface area contributed by atoms with Crippen molar-refractivity contribution < 1.29 is 23.1 Å². The molecule has 1 atom stereocenters. The topological polar surface area (TPSA) is 113 Å². The van der Waals surface area contributed by atoms with Crippen molar-refractivity contribution in [3.05, 3.63) is 29.3 Å². The summed E-state index contributed by atoms with van der Waals surface area (Å²) in [6.45, 7) is 3.00. The molecule has 1 aliphatic carbocycles. The van der Waals surface area contributed by atoms with Crippen molar-refractivity contribution in [1.29, 1.82) is 0 Å². The van der Waals surface area contributed by atoms with E-state index in [1.165, 1.54) is 25.1 Å². The summed E-state index contributed by atoms with van der Waals surface area (Å²) in [4.78, 5) is 22.9. The maximum absolute atomic E-state index is 12.2. The fraction of sp³-hybridized carbons (Fsp3) is 0.429. The van der Waals surface area contributed by atoms with E-state index >= 15 is 0 Å². The molecule has 8 heteroatoms. The van der Waals surface area contributed by atoms with Gasteiger partial charge in [0, 0.05) is 11.6 Å². The fourth-order valence-electron chi connectivity index (χ4n) is 1.84. The third-order valence-corrected chi connectivity index (χ3v) is 4.90.